The van der Waals surface area contributed by atoms with Crippen LogP contribution in [0.3, 0.4) is 0 Å². The lowest BCUT2D eigenvalue weighted by Gasteiger charge is -2.34. The Morgan fingerprint density at radius 3 is 1.95 bits per heavy atom. The van der Waals surface area contributed by atoms with Crippen LogP contribution in [0.25, 0.3) is 0 Å². The van der Waals surface area contributed by atoms with Crippen molar-refractivity contribution in [3.63, 3.8) is 0 Å². The Morgan fingerprint density at radius 2 is 1.50 bits per heavy atom. The maximum Gasteiger partial charge on any atom is 0.407 e. The van der Waals surface area contributed by atoms with Gasteiger partial charge in [0.15, 0.2) is 0 Å². The van der Waals surface area contributed by atoms with Crippen molar-refractivity contribution >= 4 is 17.9 Å². The average Bonchev–Trinajstić information content (AvgIpc) is 2.44. The molecular weight excluding hydrogens is 286 g/mol. The van der Waals surface area contributed by atoms with Crippen molar-refractivity contribution in [3.8, 4) is 0 Å². The van der Waals surface area contributed by atoms with E-state index in [1.165, 1.54) is 0 Å². The zero-order valence-electron chi connectivity index (χ0n) is 14.0. The minimum atomic E-state index is -0.545. The lowest BCUT2D eigenvalue weighted by Crippen LogP contribution is -2.50. The number of ether oxygens (including phenoxy) is 1. The summed E-state index contributed by atoms with van der Waals surface area (Å²) in [7, 11) is 0. The van der Waals surface area contributed by atoms with Gasteiger partial charge in [0.2, 0.25) is 11.8 Å². The monoisotopic (exact) mass is 313 g/mol. The van der Waals surface area contributed by atoms with Crippen LogP contribution in [0.15, 0.2) is 0 Å². The van der Waals surface area contributed by atoms with E-state index in [0.717, 1.165) is 0 Å². The molecule has 0 aromatic heterocycles. The van der Waals surface area contributed by atoms with Crippen LogP contribution in [0.1, 0.15) is 40.5 Å². The van der Waals surface area contributed by atoms with Crippen LogP contribution >= 0.6 is 0 Å². The van der Waals surface area contributed by atoms with Crippen LogP contribution < -0.4 is 5.32 Å². The van der Waals surface area contributed by atoms with Gasteiger partial charge in [-0.2, -0.15) is 0 Å². The van der Waals surface area contributed by atoms with Crippen molar-refractivity contribution in [1.29, 1.82) is 0 Å². The Hall–Kier alpha value is -1.79. The van der Waals surface area contributed by atoms with Gasteiger partial charge in [0.25, 0.3) is 0 Å². The molecule has 126 valence electrons. The summed E-state index contributed by atoms with van der Waals surface area (Å²) < 4.78 is 5.10. The van der Waals surface area contributed by atoms with E-state index >= 15 is 0 Å². The molecule has 3 amide bonds. The minimum Gasteiger partial charge on any atom is -0.444 e. The highest BCUT2D eigenvalue weighted by Crippen LogP contribution is 2.07. The number of nitrogens with zero attached hydrogens (tertiary/aromatic N) is 2. The van der Waals surface area contributed by atoms with Gasteiger partial charge in [0.05, 0.1) is 0 Å². The van der Waals surface area contributed by atoms with Gasteiger partial charge in [-0.25, -0.2) is 4.79 Å². The van der Waals surface area contributed by atoms with Crippen molar-refractivity contribution in [3.05, 3.63) is 0 Å². The standard InChI is InChI=1S/C15H27N3O4/c1-5-12(19)17-8-10-18(11-9-17)13(20)6-7-16-14(21)22-15(2,3)4/h5-11H2,1-4H3,(H,16,21). The second-order valence-corrected chi connectivity index (χ2v) is 6.29. The number of rotatable bonds is 4. The molecule has 0 spiro atoms. The van der Waals surface area contributed by atoms with E-state index in [-0.39, 0.29) is 24.8 Å². The summed E-state index contributed by atoms with van der Waals surface area (Å²) >= 11 is 0. The van der Waals surface area contributed by atoms with Crippen molar-refractivity contribution in [2.75, 3.05) is 32.7 Å². The molecule has 1 fully saturated rings. The molecule has 0 unspecified atom stereocenters. The third-order valence-corrected chi connectivity index (χ3v) is 3.29. The molecule has 1 aliphatic rings. The quantitative estimate of drug-likeness (QED) is 0.839. The highest BCUT2D eigenvalue weighted by molar-refractivity contribution is 5.79. The Morgan fingerprint density at radius 1 is 1.00 bits per heavy atom. The van der Waals surface area contributed by atoms with Gasteiger partial charge in [0, 0.05) is 45.6 Å². The van der Waals surface area contributed by atoms with E-state index in [9.17, 15) is 14.4 Å². The number of piperazine rings is 1. The summed E-state index contributed by atoms with van der Waals surface area (Å²) in [6.45, 7) is 9.71. The predicted molar refractivity (Wildman–Crippen MR) is 82.3 cm³/mol. The maximum atomic E-state index is 12.0. The molecule has 0 aromatic rings. The highest BCUT2D eigenvalue weighted by Gasteiger charge is 2.23. The zero-order chi connectivity index (χ0) is 16.8. The summed E-state index contributed by atoms with van der Waals surface area (Å²) in [4.78, 5) is 38.6. The largest absolute Gasteiger partial charge is 0.444 e. The Kier molecular flexibility index (Phi) is 6.64. The molecule has 1 rings (SSSR count). The van der Waals surface area contributed by atoms with Gasteiger partial charge in [0.1, 0.15) is 5.60 Å². The number of hydrogen-bond acceptors (Lipinski definition) is 4. The van der Waals surface area contributed by atoms with E-state index < -0.39 is 11.7 Å². The molecule has 0 radical (unpaired) electrons. The van der Waals surface area contributed by atoms with Gasteiger partial charge in [-0.1, -0.05) is 6.92 Å². The van der Waals surface area contributed by atoms with Crippen molar-refractivity contribution < 1.29 is 19.1 Å². The number of amides is 3. The molecule has 1 N–H and O–H groups in total. The summed E-state index contributed by atoms with van der Waals surface area (Å²) in [5, 5.41) is 2.57. The van der Waals surface area contributed by atoms with Crippen LogP contribution in [-0.4, -0.2) is 66.0 Å². The van der Waals surface area contributed by atoms with Crippen LogP contribution in [0.2, 0.25) is 0 Å². The van der Waals surface area contributed by atoms with Crippen LogP contribution in [0, 0.1) is 0 Å². The number of carbonyl (C=O) groups is 3. The lowest BCUT2D eigenvalue weighted by atomic mass is 10.2. The fourth-order valence-corrected chi connectivity index (χ4v) is 2.17. The van der Waals surface area contributed by atoms with Gasteiger partial charge < -0.3 is 19.9 Å². The fourth-order valence-electron chi connectivity index (χ4n) is 2.17. The van der Waals surface area contributed by atoms with E-state index in [1.807, 2.05) is 6.92 Å². The average molecular weight is 313 g/mol. The molecule has 22 heavy (non-hydrogen) atoms. The third-order valence-electron chi connectivity index (χ3n) is 3.29. The fraction of sp³-hybridized carbons (Fsp3) is 0.800. The lowest BCUT2D eigenvalue weighted by molar-refractivity contribution is -0.139. The molecule has 0 saturated carbocycles. The molecule has 0 aliphatic carbocycles. The van der Waals surface area contributed by atoms with Crippen LogP contribution in [-0.2, 0) is 14.3 Å². The topological polar surface area (TPSA) is 79.0 Å². The summed E-state index contributed by atoms with van der Waals surface area (Å²) in [5.41, 5.74) is -0.545. The smallest absolute Gasteiger partial charge is 0.407 e. The minimum absolute atomic E-state index is 0.0142. The first kappa shape index (κ1) is 18.3. The number of carbonyl (C=O) groups excluding carboxylic acids is 3. The molecule has 0 aromatic carbocycles. The first-order chi connectivity index (χ1) is 10.2. The van der Waals surface area contributed by atoms with Gasteiger partial charge in [-0.15, -0.1) is 0 Å². The second kappa shape index (κ2) is 8.00. The van der Waals surface area contributed by atoms with Gasteiger partial charge in [-0.05, 0) is 20.8 Å². The number of nitrogens with one attached hydrogen (secondary N) is 1. The summed E-state index contributed by atoms with van der Waals surface area (Å²) in [6, 6.07) is 0. The first-order valence-corrected chi connectivity index (χ1v) is 7.75. The molecule has 1 heterocycles. The second-order valence-electron chi connectivity index (χ2n) is 6.29. The van der Waals surface area contributed by atoms with E-state index in [1.54, 1.807) is 30.6 Å². The van der Waals surface area contributed by atoms with Crippen molar-refractivity contribution in [1.82, 2.24) is 15.1 Å². The Bertz CT molecular complexity index is 410. The predicted octanol–water partition coefficient (Wildman–Crippen LogP) is 0.982. The SMILES string of the molecule is CCC(=O)N1CCN(C(=O)CCNC(=O)OC(C)(C)C)CC1. The molecule has 1 saturated heterocycles. The molecule has 7 heteroatoms. The first-order valence-electron chi connectivity index (χ1n) is 7.75. The molecule has 0 atom stereocenters. The summed E-state index contributed by atoms with van der Waals surface area (Å²) in [6.07, 6.45) is 0.216. The third kappa shape index (κ3) is 6.32. The van der Waals surface area contributed by atoms with E-state index in [2.05, 4.69) is 5.32 Å². The van der Waals surface area contributed by atoms with Crippen LogP contribution in [0.5, 0.6) is 0 Å². The van der Waals surface area contributed by atoms with Crippen molar-refractivity contribution in [2.45, 2.75) is 46.1 Å². The Labute approximate surface area is 132 Å². The molecule has 7 nitrogen and oxygen atoms in total. The van der Waals surface area contributed by atoms with Crippen LogP contribution in [0.4, 0.5) is 4.79 Å². The van der Waals surface area contributed by atoms with Crippen molar-refractivity contribution in [2.24, 2.45) is 0 Å². The normalized spacial score (nSPS) is 15.5. The number of hydrogen-bond donors (Lipinski definition) is 1. The Balaban J connectivity index is 2.24. The molecular formula is C15H27N3O4. The maximum absolute atomic E-state index is 12.0. The summed E-state index contributed by atoms with van der Waals surface area (Å²) in [5.74, 6) is 0.110. The highest BCUT2D eigenvalue weighted by atomic mass is 16.6. The van der Waals surface area contributed by atoms with Gasteiger partial charge in [-0.3, -0.25) is 9.59 Å². The van der Waals surface area contributed by atoms with Gasteiger partial charge >= 0.3 is 6.09 Å². The molecule has 1 aliphatic heterocycles. The number of alkyl carbamates (subject to hydrolysis) is 1. The zero-order valence-corrected chi connectivity index (χ0v) is 14.0. The van der Waals surface area contributed by atoms with E-state index in [0.29, 0.717) is 32.6 Å². The van der Waals surface area contributed by atoms with E-state index in [4.69, 9.17) is 4.74 Å². The molecule has 0 bridgehead atoms.